The van der Waals surface area contributed by atoms with Crippen LogP contribution < -0.4 is 10.5 Å². The maximum atomic E-state index is 12.3. The van der Waals surface area contributed by atoms with Crippen LogP contribution in [-0.4, -0.2) is 49.0 Å². The number of hydrogen-bond donors (Lipinski definition) is 2. The van der Waals surface area contributed by atoms with Gasteiger partial charge in [-0.3, -0.25) is 4.90 Å². The molecule has 3 N–H and O–H groups in total. The van der Waals surface area contributed by atoms with Crippen molar-refractivity contribution in [3.05, 3.63) is 24.3 Å². The van der Waals surface area contributed by atoms with Gasteiger partial charge in [0.05, 0.1) is 13.2 Å². The first-order chi connectivity index (χ1) is 8.90. The number of halogens is 3. The van der Waals surface area contributed by atoms with Crippen molar-refractivity contribution in [2.45, 2.75) is 6.18 Å². The highest BCUT2D eigenvalue weighted by molar-refractivity contribution is 5.43. The van der Waals surface area contributed by atoms with E-state index in [-0.39, 0.29) is 26.3 Å². The first kappa shape index (κ1) is 15.6. The van der Waals surface area contributed by atoms with Crippen LogP contribution in [0, 0.1) is 0 Å². The van der Waals surface area contributed by atoms with E-state index in [0.717, 1.165) is 4.90 Å². The number of alkyl halides is 3. The van der Waals surface area contributed by atoms with Gasteiger partial charge in [0.1, 0.15) is 12.4 Å². The summed E-state index contributed by atoms with van der Waals surface area (Å²) in [6, 6.07) is 6.66. The molecule has 0 atom stereocenters. The molecule has 0 saturated carbocycles. The van der Waals surface area contributed by atoms with E-state index in [2.05, 4.69) is 0 Å². The number of nitrogen functional groups attached to an aromatic ring is 1. The van der Waals surface area contributed by atoms with Crippen LogP contribution in [0.2, 0.25) is 0 Å². The molecule has 4 nitrogen and oxygen atoms in total. The molecule has 0 spiro atoms. The SMILES string of the molecule is Nc1cccc(OCCN(CCO)CC(F)(F)F)c1. The Bertz CT molecular complexity index is 385. The number of anilines is 1. The van der Waals surface area contributed by atoms with Gasteiger partial charge >= 0.3 is 6.18 Å². The maximum Gasteiger partial charge on any atom is 0.401 e. The standard InChI is InChI=1S/C12H17F3N2O2/c13-12(14,15)9-17(4-6-18)5-7-19-11-3-1-2-10(16)8-11/h1-3,8,18H,4-7,9,16H2. The van der Waals surface area contributed by atoms with E-state index >= 15 is 0 Å². The van der Waals surface area contributed by atoms with E-state index in [4.69, 9.17) is 15.6 Å². The minimum absolute atomic E-state index is 0.0419. The highest BCUT2D eigenvalue weighted by Gasteiger charge is 2.30. The number of hydrogen-bond acceptors (Lipinski definition) is 4. The third-order valence-electron chi connectivity index (χ3n) is 2.35. The Morgan fingerprint density at radius 1 is 1.26 bits per heavy atom. The molecular formula is C12H17F3N2O2. The minimum Gasteiger partial charge on any atom is -0.492 e. The van der Waals surface area contributed by atoms with Gasteiger partial charge < -0.3 is 15.6 Å². The molecule has 1 rings (SSSR count). The number of benzene rings is 1. The third-order valence-corrected chi connectivity index (χ3v) is 2.35. The molecule has 108 valence electrons. The molecule has 0 bridgehead atoms. The molecule has 0 radical (unpaired) electrons. The van der Waals surface area contributed by atoms with Crippen molar-refractivity contribution in [1.82, 2.24) is 4.90 Å². The fourth-order valence-electron chi connectivity index (χ4n) is 1.56. The lowest BCUT2D eigenvalue weighted by Gasteiger charge is -2.22. The number of nitrogens with two attached hydrogens (primary N) is 1. The summed E-state index contributed by atoms with van der Waals surface area (Å²) in [7, 11) is 0. The monoisotopic (exact) mass is 278 g/mol. The minimum atomic E-state index is -4.29. The Morgan fingerprint density at radius 3 is 2.58 bits per heavy atom. The van der Waals surface area contributed by atoms with Gasteiger partial charge in [-0.25, -0.2) is 0 Å². The average molecular weight is 278 g/mol. The van der Waals surface area contributed by atoms with E-state index < -0.39 is 12.7 Å². The largest absolute Gasteiger partial charge is 0.492 e. The molecule has 0 heterocycles. The highest BCUT2D eigenvalue weighted by atomic mass is 19.4. The summed E-state index contributed by atoms with van der Waals surface area (Å²) in [5.74, 6) is 0.510. The zero-order valence-corrected chi connectivity index (χ0v) is 10.4. The first-order valence-corrected chi connectivity index (χ1v) is 5.79. The van der Waals surface area contributed by atoms with Gasteiger partial charge in [-0.2, -0.15) is 13.2 Å². The third kappa shape index (κ3) is 6.88. The lowest BCUT2D eigenvalue weighted by Crippen LogP contribution is -2.38. The summed E-state index contributed by atoms with van der Waals surface area (Å²) in [5.41, 5.74) is 6.08. The van der Waals surface area contributed by atoms with Crippen LogP contribution in [0.4, 0.5) is 18.9 Å². The van der Waals surface area contributed by atoms with E-state index in [0.29, 0.717) is 11.4 Å². The fourth-order valence-corrected chi connectivity index (χ4v) is 1.56. The number of aliphatic hydroxyl groups is 1. The van der Waals surface area contributed by atoms with E-state index in [1.165, 1.54) is 0 Å². The van der Waals surface area contributed by atoms with Crippen molar-refractivity contribution < 1.29 is 23.0 Å². The molecule has 19 heavy (non-hydrogen) atoms. The van der Waals surface area contributed by atoms with Crippen molar-refractivity contribution in [1.29, 1.82) is 0 Å². The molecule has 1 aromatic rings. The molecule has 0 aromatic heterocycles. The molecule has 0 aliphatic rings. The average Bonchev–Trinajstić information content (AvgIpc) is 2.27. The van der Waals surface area contributed by atoms with Crippen LogP contribution in [0.15, 0.2) is 24.3 Å². The molecule has 0 saturated heterocycles. The van der Waals surface area contributed by atoms with Gasteiger partial charge in [-0.1, -0.05) is 6.07 Å². The molecule has 0 aliphatic carbocycles. The van der Waals surface area contributed by atoms with Crippen LogP contribution in [-0.2, 0) is 0 Å². The predicted octanol–water partition coefficient (Wildman–Crippen LogP) is 1.50. The van der Waals surface area contributed by atoms with Crippen LogP contribution >= 0.6 is 0 Å². The van der Waals surface area contributed by atoms with Gasteiger partial charge in [0, 0.05) is 24.8 Å². The fraction of sp³-hybridized carbons (Fsp3) is 0.500. The topological polar surface area (TPSA) is 58.7 Å². The Labute approximate surface area is 109 Å². The molecule has 0 aliphatic heterocycles. The Kier molecular flexibility index (Phi) is 5.91. The van der Waals surface area contributed by atoms with Crippen molar-refractivity contribution in [3.8, 4) is 5.75 Å². The zero-order chi connectivity index (χ0) is 14.3. The number of ether oxygens (including phenoxy) is 1. The molecule has 0 fully saturated rings. The second-order valence-electron chi connectivity index (χ2n) is 4.04. The molecule has 0 amide bonds. The maximum absolute atomic E-state index is 12.3. The number of nitrogens with zero attached hydrogens (tertiary/aromatic N) is 1. The molecule has 7 heteroatoms. The van der Waals surface area contributed by atoms with Crippen molar-refractivity contribution in [2.24, 2.45) is 0 Å². The second-order valence-corrected chi connectivity index (χ2v) is 4.04. The molecule has 1 aromatic carbocycles. The van der Waals surface area contributed by atoms with Crippen molar-refractivity contribution in [2.75, 3.05) is 38.6 Å². The Balaban J connectivity index is 2.39. The van der Waals surface area contributed by atoms with E-state index in [1.54, 1.807) is 24.3 Å². The summed E-state index contributed by atoms with van der Waals surface area (Å²) in [4.78, 5) is 1.09. The molecule has 0 unspecified atom stereocenters. The lowest BCUT2D eigenvalue weighted by molar-refractivity contribution is -0.147. The smallest absolute Gasteiger partial charge is 0.401 e. The van der Waals surface area contributed by atoms with E-state index in [9.17, 15) is 13.2 Å². The van der Waals surface area contributed by atoms with Gasteiger partial charge in [0.25, 0.3) is 0 Å². The van der Waals surface area contributed by atoms with E-state index in [1.807, 2.05) is 0 Å². The van der Waals surface area contributed by atoms with Gasteiger partial charge in [-0.05, 0) is 12.1 Å². The number of aliphatic hydroxyl groups excluding tert-OH is 1. The summed E-state index contributed by atoms with van der Waals surface area (Å²) < 4.78 is 42.1. The summed E-state index contributed by atoms with van der Waals surface area (Å²) in [6.45, 7) is -1.25. The van der Waals surface area contributed by atoms with Crippen LogP contribution in [0.5, 0.6) is 5.75 Å². The lowest BCUT2D eigenvalue weighted by atomic mass is 10.3. The van der Waals surface area contributed by atoms with Gasteiger partial charge in [0.2, 0.25) is 0 Å². The van der Waals surface area contributed by atoms with Crippen LogP contribution in [0.3, 0.4) is 0 Å². The molecular weight excluding hydrogens is 261 g/mol. The summed E-state index contributed by atoms with van der Waals surface area (Å²) >= 11 is 0. The highest BCUT2D eigenvalue weighted by Crippen LogP contribution is 2.17. The summed E-state index contributed by atoms with van der Waals surface area (Å²) in [5, 5.41) is 8.72. The van der Waals surface area contributed by atoms with Crippen LogP contribution in [0.25, 0.3) is 0 Å². The van der Waals surface area contributed by atoms with Crippen LogP contribution in [0.1, 0.15) is 0 Å². The van der Waals surface area contributed by atoms with Crippen molar-refractivity contribution in [3.63, 3.8) is 0 Å². The predicted molar refractivity (Wildman–Crippen MR) is 65.9 cm³/mol. The second kappa shape index (κ2) is 7.20. The van der Waals surface area contributed by atoms with Gasteiger partial charge in [0.15, 0.2) is 0 Å². The zero-order valence-electron chi connectivity index (χ0n) is 10.4. The number of rotatable bonds is 7. The Hall–Kier alpha value is -1.47. The quantitative estimate of drug-likeness (QED) is 0.742. The van der Waals surface area contributed by atoms with Crippen molar-refractivity contribution >= 4 is 5.69 Å². The Morgan fingerprint density at radius 2 is 2.00 bits per heavy atom. The summed E-state index contributed by atoms with van der Waals surface area (Å²) in [6.07, 6.45) is -4.29. The van der Waals surface area contributed by atoms with Gasteiger partial charge in [-0.15, -0.1) is 0 Å². The normalized spacial score (nSPS) is 11.8. The first-order valence-electron chi connectivity index (χ1n) is 5.79.